The van der Waals surface area contributed by atoms with Crippen LogP contribution in [0, 0.1) is 0 Å². The third-order valence-electron chi connectivity index (χ3n) is 4.56. The minimum Gasteiger partial charge on any atom is -0.497 e. The number of nitrogen functional groups attached to an aromatic ring is 1. The van der Waals surface area contributed by atoms with Crippen LogP contribution in [-0.2, 0) is 6.42 Å². The van der Waals surface area contributed by atoms with Gasteiger partial charge in [0.15, 0.2) is 0 Å². The number of aromatic nitrogens is 1. The SMILES string of the molecule is COc1ccc2c3c([nH]c2c1)C(/C=C/c1cc(Br)cc(Br)c1N)=NCC3. The maximum absolute atomic E-state index is 6.17. The Bertz CT molecular complexity index is 1070. The van der Waals surface area contributed by atoms with E-state index in [1.54, 1.807) is 7.11 Å². The lowest BCUT2D eigenvalue weighted by Crippen LogP contribution is -2.10. The van der Waals surface area contributed by atoms with E-state index in [1.165, 1.54) is 10.9 Å². The summed E-state index contributed by atoms with van der Waals surface area (Å²) in [6.07, 6.45) is 4.96. The first-order valence-electron chi connectivity index (χ1n) is 8.23. The van der Waals surface area contributed by atoms with Crippen molar-refractivity contribution in [3.05, 3.63) is 62.2 Å². The average Bonchev–Trinajstić information content (AvgIpc) is 3.01. The van der Waals surface area contributed by atoms with Gasteiger partial charge in [0, 0.05) is 32.5 Å². The van der Waals surface area contributed by atoms with Gasteiger partial charge < -0.3 is 15.5 Å². The van der Waals surface area contributed by atoms with Gasteiger partial charge in [-0.1, -0.05) is 22.0 Å². The second kappa shape index (κ2) is 6.93. The minimum absolute atomic E-state index is 0.711. The van der Waals surface area contributed by atoms with Gasteiger partial charge >= 0.3 is 0 Å². The van der Waals surface area contributed by atoms with E-state index in [-0.39, 0.29) is 0 Å². The number of anilines is 1. The van der Waals surface area contributed by atoms with Gasteiger partial charge in [0.05, 0.1) is 24.2 Å². The summed E-state index contributed by atoms with van der Waals surface area (Å²) in [5.41, 5.74) is 12.2. The van der Waals surface area contributed by atoms with E-state index in [1.807, 2.05) is 36.4 Å². The molecule has 1 aromatic heterocycles. The molecule has 4 nitrogen and oxygen atoms in total. The van der Waals surface area contributed by atoms with Crippen LogP contribution in [0.3, 0.4) is 0 Å². The van der Waals surface area contributed by atoms with Crippen LogP contribution in [0.2, 0.25) is 0 Å². The number of rotatable bonds is 3. The predicted octanol–water partition coefficient (Wildman–Crippen LogP) is 5.34. The minimum atomic E-state index is 0.711. The lowest BCUT2D eigenvalue weighted by molar-refractivity contribution is 0.415. The highest BCUT2D eigenvalue weighted by atomic mass is 79.9. The summed E-state index contributed by atoms with van der Waals surface area (Å²) in [6, 6.07) is 10.1. The monoisotopic (exact) mass is 473 g/mol. The number of hydrogen-bond donors (Lipinski definition) is 2. The molecule has 1 aliphatic heterocycles. The first kappa shape index (κ1) is 17.4. The molecule has 0 fully saturated rings. The molecule has 0 spiro atoms. The van der Waals surface area contributed by atoms with Crippen LogP contribution in [0.25, 0.3) is 17.0 Å². The summed E-state index contributed by atoms with van der Waals surface area (Å²) in [4.78, 5) is 8.20. The molecular weight excluding hydrogens is 458 g/mol. The number of ether oxygens (including phenoxy) is 1. The third kappa shape index (κ3) is 3.08. The average molecular weight is 475 g/mol. The van der Waals surface area contributed by atoms with Gasteiger partial charge in [-0.2, -0.15) is 0 Å². The summed E-state index contributed by atoms with van der Waals surface area (Å²) in [7, 11) is 1.68. The number of aliphatic imine (C=N–C) groups is 1. The number of halogens is 2. The quantitative estimate of drug-likeness (QED) is 0.503. The fraction of sp³-hybridized carbons (Fsp3) is 0.150. The van der Waals surface area contributed by atoms with Crippen molar-refractivity contribution in [1.82, 2.24) is 4.98 Å². The third-order valence-corrected chi connectivity index (χ3v) is 5.67. The molecule has 3 N–H and O–H groups in total. The molecule has 0 saturated heterocycles. The van der Waals surface area contributed by atoms with Crippen LogP contribution in [0.5, 0.6) is 5.75 Å². The highest BCUT2D eigenvalue weighted by Crippen LogP contribution is 2.31. The van der Waals surface area contributed by atoms with E-state index < -0.39 is 0 Å². The van der Waals surface area contributed by atoms with Gasteiger partial charge in [0.2, 0.25) is 0 Å². The van der Waals surface area contributed by atoms with Crippen LogP contribution in [-0.4, -0.2) is 24.4 Å². The molecule has 4 rings (SSSR count). The maximum atomic E-state index is 6.17. The molecule has 132 valence electrons. The highest BCUT2D eigenvalue weighted by Gasteiger charge is 2.18. The molecular formula is C20H17Br2N3O. The zero-order chi connectivity index (χ0) is 18.3. The first-order valence-corrected chi connectivity index (χ1v) is 9.81. The number of nitrogens with one attached hydrogen (secondary N) is 1. The van der Waals surface area contributed by atoms with Crippen molar-refractivity contribution in [3.8, 4) is 5.75 Å². The Morgan fingerprint density at radius 2 is 2.04 bits per heavy atom. The normalized spacial score (nSPS) is 13.9. The van der Waals surface area contributed by atoms with Crippen molar-refractivity contribution in [2.45, 2.75) is 6.42 Å². The summed E-state index contributed by atoms with van der Waals surface area (Å²) in [5.74, 6) is 0.844. The molecule has 1 aliphatic rings. The molecule has 3 aromatic rings. The molecule has 0 atom stereocenters. The largest absolute Gasteiger partial charge is 0.497 e. The van der Waals surface area contributed by atoms with E-state index >= 15 is 0 Å². The lowest BCUT2D eigenvalue weighted by atomic mass is 10.0. The Morgan fingerprint density at radius 3 is 2.85 bits per heavy atom. The number of nitrogens with zero attached hydrogens (tertiary/aromatic N) is 1. The lowest BCUT2D eigenvalue weighted by Gasteiger charge is -2.11. The Morgan fingerprint density at radius 1 is 1.19 bits per heavy atom. The number of benzene rings is 2. The number of methoxy groups -OCH3 is 1. The number of hydrogen-bond acceptors (Lipinski definition) is 3. The van der Waals surface area contributed by atoms with Crippen LogP contribution < -0.4 is 10.5 Å². The summed E-state index contributed by atoms with van der Waals surface area (Å²) >= 11 is 7.00. The van der Waals surface area contributed by atoms with E-state index in [0.717, 1.165) is 50.1 Å². The Balaban J connectivity index is 1.75. The summed E-state index contributed by atoms with van der Waals surface area (Å²) < 4.78 is 7.18. The Hall–Kier alpha value is -2.05. The van der Waals surface area contributed by atoms with Crippen LogP contribution in [0.15, 0.2) is 50.3 Å². The molecule has 0 saturated carbocycles. The smallest absolute Gasteiger partial charge is 0.120 e. The van der Waals surface area contributed by atoms with E-state index in [4.69, 9.17) is 15.5 Å². The second-order valence-corrected chi connectivity index (χ2v) is 7.90. The van der Waals surface area contributed by atoms with Crippen molar-refractivity contribution < 1.29 is 4.74 Å². The number of allylic oxidation sites excluding steroid dienone is 1. The highest BCUT2D eigenvalue weighted by molar-refractivity contribution is 9.11. The number of nitrogens with two attached hydrogens (primary N) is 1. The van der Waals surface area contributed by atoms with Crippen LogP contribution in [0.1, 0.15) is 16.8 Å². The van der Waals surface area contributed by atoms with E-state index in [2.05, 4.69) is 42.9 Å². The fourth-order valence-corrected chi connectivity index (χ4v) is 4.51. The predicted molar refractivity (Wildman–Crippen MR) is 115 cm³/mol. The van der Waals surface area contributed by atoms with Gasteiger partial charge in [0.1, 0.15) is 5.75 Å². The molecule has 6 heteroatoms. The number of aromatic amines is 1. The van der Waals surface area contributed by atoms with Crippen LogP contribution >= 0.6 is 31.9 Å². The summed E-state index contributed by atoms with van der Waals surface area (Å²) in [5, 5.41) is 1.23. The molecule has 0 bridgehead atoms. The molecule has 0 radical (unpaired) electrons. The van der Waals surface area contributed by atoms with Crippen molar-refractivity contribution in [1.29, 1.82) is 0 Å². The molecule has 0 aliphatic carbocycles. The van der Waals surface area contributed by atoms with E-state index in [0.29, 0.717) is 5.69 Å². The number of H-pyrrole nitrogens is 1. The Labute approximate surface area is 168 Å². The van der Waals surface area contributed by atoms with Crippen LogP contribution in [0.4, 0.5) is 5.69 Å². The summed E-state index contributed by atoms with van der Waals surface area (Å²) in [6.45, 7) is 0.781. The van der Waals surface area contributed by atoms with Gasteiger partial charge in [-0.3, -0.25) is 4.99 Å². The van der Waals surface area contributed by atoms with Gasteiger partial charge in [-0.15, -0.1) is 0 Å². The van der Waals surface area contributed by atoms with E-state index in [9.17, 15) is 0 Å². The molecule has 0 amide bonds. The maximum Gasteiger partial charge on any atom is 0.120 e. The molecule has 2 heterocycles. The van der Waals surface area contributed by atoms with Crippen molar-refractivity contribution in [2.24, 2.45) is 4.99 Å². The van der Waals surface area contributed by atoms with Gasteiger partial charge in [-0.25, -0.2) is 0 Å². The fourth-order valence-electron chi connectivity index (χ4n) is 3.25. The first-order chi connectivity index (χ1) is 12.6. The van der Waals surface area contributed by atoms with Gasteiger partial charge in [-0.05, 0) is 63.8 Å². The topological polar surface area (TPSA) is 63.4 Å². The zero-order valence-corrected chi connectivity index (χ0v) is 17.3. The van der Waals surface area contributed by atoms with Crippen molar-refractivity contribution in [3.63, 3.8) is 0 Å². The second-order valence-electron chi connectivity index (χ2n) is 6.13. The molecule has 26 heavy (non-hydrogen) atoms. The zero-order valence-electron chi connectivity index (χ0n) is 14.1. The molecule has 0 unspecified atom stereocenters. The number of fused-ring (bicyclic) bond motifs is 3. The van der Waals surface area contributed by atoms with Crippen molar-refractivity contribution >= 4 is 60.2 Å². The standard InChI is InChI=1S/C20H17Br2N3O/c1-26-13-3-4-14-15-6-7-24-17(20(15)25-18(14)10-13)5-2-11-8-12(21)9-16(22)19(11)23/h2-5,8-10,25H,6-7,23H2,1H3/b5-2+. The van der Waals surface area contributed by atoms with Gasteiger partial charge in [0.25, 0.3) is 0 Å². The van der Waals surface area contributed by atoms with Crippen molar-refractivity contribution in [2.75, 3.05) is 19.4 Å². The Kier molecular flexibility index (Phi) is 4.63. The molecule has 2 aromatic carbocycles.